The summed E-state index contributed by atoms with van der Waals surface area (Å²) < 4.78 is 7.61. The van der Waals surface area contributed by atoms with Crippen LogP contribution in [0.15, 0.2) is 48.7 Å². The van der Waals surface area contributed by atoms with E-state index in [9.17, 15) is 0 Å². The Morgan fingerprint density at radius 1 is 1.00 bits per heavy atom. The number of hydrogen-bond acceptors (Lipinski definition) is 7. The van der Waals surface area contributed by atoms with Gasteiger partial charge in [-0.1, -0.05) is 37.3 Å². The summed E-state index contributed by atoms with van der Waals surface area (Å²) >= 11 is 0. The third-order valence-electron chi connectivity index (χ3n) is 5.06. The number of nitrogen functional groups attached to an aromatic ring is 1. The first kappa shape index (κ1) is 21.4. The zero-order valence-electron chi connectivity index (χ0n) is 18.8. The normalized spacial score (nSPS) is 11.2. The number of aryl methyl sites for hydroxylation is 1. The minimum atomic E-state index is 0.169. The van der Waals surface area contributed by atoms with Crippen LogP contribution >= 0.6 is 0 Å². The largest absolute Gasteiger partial charge is 0.493 e. The fourth-order valence-corrected chi connectivity index (χ4v) is 3.49. The third kappa shape index (κ3) is 4.59. The van der Waals surface area contributed by atoms with Gasteiger partial charge < -0.3 is 10.5 Å². The highest BCUT2D eigenvalue weighted by Gasteiger charge is 2.15. The SMILES string of the molecule is CCOc1c(C)cccc1-c1cc(-c2cn(Cc3cccc(C(C)C)n3)nn2)nc(N)n1. The van der Waals surface area contributed by atoms with E-state index in [0.717, 1.165) is 28.3 Å². The Balaban J connectivity index is 1.65. The lowest BCUT2D eigenvalue weighted by Crippen LogP contribution is -2.04. The Bertz CT molecular complexity index is 1230. The Labute approximate surface area is 187 Å². The summed E-state index contributed by atoms with van der Waals surface area (Å²) in [5, 5.41) is 8.56. The van der Waals surface area contributed by atoms with Crippen molar-refractivity contribution in [1.82, 2.24) is 29.9 Å². The van der Waals surface area contributed by atoms with Crippen LogP contribution in [0.3, 0.4) is 0 Å². The Kier molecular flexibility index (Phi) is 6.11. The standard InChI is InChI=1S/C24H27N7O/c1-5-32-23-16(4)8-6-10-18(23)20-12-21(28-24(25)27-20)22-14-31(30-29-22)13-17-9-7-11-19(26-17)15(2)3/h6-12,14-15H,5,13H2,1-4H3,(H2,25,27,28). The van der Waals surface area contributed by atoms with Crippen molar-refractivity contribution >= 4 is 5.95 Å². The second kappa shape index (κ2) is 9.13. The Hall–Kier alpha value is -3.81. The van der Waals surface area contributed by atoms with Crippen LogP contribution in [0.1, 0.15) is 43.6 Å². The second-order valence-electron chi connectivity index (χ2n) is 7.89. The summed E-state index contributed by atoms with van der Waals surface area (Å²) in [6, 6.07) is 13.8. The predicted molar refractivity (Wildman–Crippen MR) is 124 cm³/mol. The second-order valence-corrected chi connectivity index (χ2v) is 7.89. The minimum Gasteiger partial charge on any atom is -0.493 e. The highest BCUT2D eigenvalue weighted by molar-refractivity contribution is 5.73. The van der Waals surface area contributed by atoms with E-state index >= 15 is 0 Å². The molecule has 32 heavy (non-hydrogen) atoms. The Morgan fingerprint density at radius 3 is 2.56 bits per heavy atom. The molecule has 8 heteroatoms. The lowest BCUT2D eigenvalue weighted by atomic mass is 10.1. The number of nitrogens with two attached hydrogens (primary N) is 1. The quantitative estimate of drug-likeness (QED) is 0.468. The van der Waals surface area contributed by atoms with Gasteiger partial charge in [-0.25, -0.2) is 14.6 Å². The molecule has 1 aromatic carbocycles. The number of aromatic nitrogens is 6. The molecular weight excluding hydrogens is 402 g/mol. The number of para-hydroxylation sites is 1. The first-order valence-electron chi connectivity index (χ1n) is 10.7. The first-order chi connectivity index (χ1) is 15.4. The van der Waals surface area contributed by atoms with Crippen molar-refractivity contribution < 1.29 is 4.74 Å². The van der Waals surface area contributed by atoms with E-state index in [4.69, 9.17) is 15.5 Å². The van der Waals surface area contributed by atoms with Crippen LogP contribution in [-0.4, -0.2) is 36.6 Å². The Morgan fingerprint density at radius 2 is 1.78 bits per heavy atom. The van der Waals surface area contributed by atoms with Gasteiger partial charge in [0.1, 0.15) is 11.4 Å². The molecule has 3 aromatic heterocycles. The van der Waals surface area contributed by atoms with Crippen LogP contribution in [0.25, 0.3) is 22.6 Å². The molecule has 8 nitrogen and oxygen atoms in total. The van der Waals surface area contributed by atoms with Gasteiger partial charge in [-0.3, -0.25) is 4.98 Å². The van der Waals surface area contributed by atoms with Crippen LogP contribution in [0.5, 0.6) is 5.75 Å². The van der Waals surface area contributed by atoms with Gasteiger partial charge in [-0.2, -0.15) is 0 Å². The van der Waals surface area contributed by atoms with Gasteiger partial charge in [-0.05, 0) is 49.6 Å². The molecule has 4 aromatic rings. The highest BCUT2D eigenvalue weighted by atomic mass is 16.5. The number of pyridine rings is 1. The molecule has 3 heterocycles. The number of ether oxygens (including phenoxy) is 1. The number of benzene rings is 1. The van der Waals surface area contributed by atoms with Crippen molar-refractivity contribution in [3.8, 4) is 28.4 Å². The fourth-order valence-electron chi connectivity index (χ4n) is 3.49. The van der Waals surface area contributed by atoms with Gasteiger partial charge in [-0.15, -0.1) is 5.10 Å². The van der Waals surface area contributed by atoms with Crippen molar-refractivity contribution in [3.05, 3.63) is 65.6 Å². The molecule has 0 aliphatic heterocycles. The molecule has 164 valence electrons. The maximum Gasteiger partial charge on any atom is 0.221 e. The summed E-state index contributed by atoms with van der Waals surface area (Å²) in [6.07, 6.45) is 1.84. The summed E-state index contributed by atoms with van der Waals surface area (Å²) in [6.45, 7) is 9.30. The van der Waals surface area contributed by atoms with Crippen LogP contribution < -0.4 is 10.5 Å². The van der Waals surface area contributed by atoms with E-state index in [2.05, 4.69) is 34.1 Å². The molecule has 4 rings (SSSR count). The van der Waals surface area contributed by atoms with E-state index in [1.165, 1.54) is 0 Å². The summed E-state index contributed by atoms with van der Waals surface area (Å²) in [4.78, 5) is 13.5. The highest BCUT2D eigenvalue weighted by Crippen LogP contribution is 2.33. The van der Waals surface area contributed by atoms with Crippen LogP contribution in [0.2, 0.25) is 0 Å². The van der Waals surface area contributed by atoms with Crippen LogP contribution in [0.4, 0.5) is 5.95 Å². The van der Waals surface area contributed by atoms with Gasteiger partial charge in [0.15, 0.2) is 0 Å². The summed E-state index contributed by atoms with van der Waals surface area (Å²) in [5.74, 6) is 1.33. The van der Waals surface area contributed by atoms with E-state index in [1.807, 2.05) is 62.5 Å². The lowest BCUT2D eigenvalue weighted by molar-refractivity contribution is 0.339. The maximum absolute atomic E-state index is 6.04. The summed E-state index contributed by atoms with van der Waals surface area (Å²) in [7, 11) is 0. The van der Waals surface area contributed by atoms with Crippen molar-refractivity contribution in [2.45, 2.75) is 40.2 Å². The fraction of sp³-hybridized carbons (Fsp3) is 0.292. The van der Waals surface area contributed by atoms with Crippen molar-refractivity contribution in [3.63, 3.8) is 0 Å². The molecule has 0 saturated heterocycles. The van der Waals surface area contributed by atoms with Gasteiger partial charge in [0.25, 0.3) is 0 Å². The molecule has 0 unspecified atom stereocenters. The zero-order chi connectivity index (χ0) is 22.7. The maximum atomic E-state index is 6.04. The molecule has 0 atom stereocenters. The molecule has 0 radical (unpaired) electrons. The average Bonchev–Trinajstić information content (AvgIpc) is 3.23. The van der Waals surface area contributed by atoms with E-state index < -0.39 is 0 Å². The van der Waals surface area contributed by atoms with Crippen LogP contribution in [0, 0.1) is 6.92 Å². The molecule has 2 N–H and O–H groups in total. The number of nitrogens with zero attached hydrogens (tertiary/aromatic N) is 6. The van der Waals surface area contributed by atoms with Gasteiger partial charge in [0.2, 0.25) is 5.95 Å². The van der Waals surface area contributed by atoms with Crippen molar-refractivity contribution in [2.24, 2.45) is 0 Å². The summed E-state index contributed by atoms with van der Waals surface area (Å²) in [5.41, 5.74) is 11.8. The van der Waals surface area contributed by atoms with E-state index in [-0.39, 0.29) is 5.95 Å². The monoisotopic (exact) mass is 429 g/mol. The van der Waals surface area contributed by atoms with Gasteiger partial charge in [0, 0.05) is 11.3 Å². The molecule has 0 aliphatic carbocycles. The molecule has 0 spiro atoms. The zero-order valence-corrected chi connectivity index (χ0v) is 18.8. The third-order valence-corrected chi connectivity index (χ3v) is 5.06. The minimum absolute atomic E-state index is 0.169. The lowest BCUT2D eigenvalue weighted by Gasteiger charge is -2.13. The predicted octanol–water partition coefficient (Wildman–Crippen LogP) is 4.26. The molecule has 0 amide bonds. The molecule has 0 bridgehead atoms. The van der Waals surface area contributed by atoms with E-state index in [0.29, 0.717) is 36.2 Å². The topological polar surface area (TPSA) is 105 Å². The van der Waals surface area contributed by atoms with E-state index in [1.54, 1.807) is 4.68 Å². The average molecular weight is 430 g/mol. The molecule has 0 aliphatic rings. The van der Waals surface area contributed by atoms with Crippen molar-refractivity contribution in [2.75, 3.05) is 12.3 Å². The number of hydrogen-bond donors (Lipinski definition) is 1. The van der Waals surface area contributed by atoms with Crippen LogP contribution in [-0.2, 0) is 6.54 Å². The number of rotatable bonds is 7. The molecular formula is C24H27N7O. The van der Waals surface area contributed by atoms with Gasteiger partial charge in [0.05, 0.1) is 36.4 Å². The number of anilines is 1. The van der Waals surface area contributed by atoms with Gasteiger partial charge >= 0.3 is 0 Å². The molecule has 0 saturated carbocycles. The first-order valence-corrected chi connectivity index (χ1v) is 10.7. The molecule has 0 fully saturated rings. The smallest absolute Gasteiger partial charge is 0.221 e. The van der Waals surface area contributed by atoms with Crippen molar-refractivity contribution in [1.29, 1.82) is 0 Å².